The van der Waals surface area contributed by atoms with E-state index in [1.165, 1.54) is 12.1 Å². The third-order valence-electron chi connectivity index (χ3n) is 4.85. The van der Waals surface area contributed by atoms with Gasteiger partial charge in [-0.25, -0.2) is 4.39 Å². The van der Waals surface area contributed by atoms with Crippen LogP contribution in [0.1, 0.15) is 66.5 Å². The van der Waals surface area contributed by atoms with E-state index < -0.39 is 29.7 Å². The first-order chi connectivity index (χ1) is 14.6. The number of alkyl halides is 3. The molecule has 0 aliphatic carbocycles. The summed E-state index contributed by atoms with van der Waals surface area (Å²) in [6.45, 7) is 11.4. The maximum atomic E-state index is 13.3. The molecule has 2 aromatic rings. The molecule has 0 bridgehead atoms. The minimum atomic E-state index is -4.49. The molecule has 0 fully saturated rings. The molecule has 0 radical (unpaired) electrons. The van der Waals surface area contributed by atoms with E-state index in [2.05, 4.69) is 38.1 Å². The van der Waals surface area contributed by atoms with Crippen LogP contribution in [0.4, 0.5) is 23.4 Å². The van der Waals surface area contributed by atoms with Crippen LogP contribution in [0, 0.1) is 16.6 Å². The molecule has 32 heavy (non-hydrogen) atoms. The molecule has 0 spiro atoms. The molecule has 3 rings (SSSR count). The summed E-state index contributed by atoms with van der Waals surface area (Å²) in [5.41, 5.74) is 0.572. The Morgan fingerprint density at radius 1 is 1.03 bits per heavy atom. The summed E-state index contributed by atoms with van der Waals surface area (Å²) >= 11 is 0. The van der Waals surface area contributed by atoms with Crippen molar-refractivity contribution in [3.63, 3.8) is 0 Å². The lowest BCUT2D eigenvalue weighted by Gasteiger charge is -2.26. The molecule has 1 aromatic heterocycles. The number of nitrogens with one attached hydrogen (secondary N) is 1. The van der Waals surface area contributed by atoms with Crippen LogP contribution in [0.25, 0.3) is 11.1 Å². The molecule has 2 heterocycles. The number of nitrogens with zero attached hydrogens (tertiary/aromatic N) is 2. The summed E-state index contributed by atoms with van der Waals surface area (Å²) < 4.78 is 54.2. The normalized spacial score (nSPS) is 14.3. The number of rotatable bonds is 4. The van der Waals surface area contributed by atoms with E-state index in [1.807, 2.05) is 0 Å². The first-order valence-electron chi connectivity index (χ1n) is 10.8. The zero-order valence-electron chi connectivity index (χ0n) is 19.7. The largest absolute Gasteiger partial charge is 0.394 e. The second kappa shape index (κ2) is 9.63. The van der Waals surface area contributed by atoms with Crippen molar-refractivity contribution in [2.24, 2.45) is 10.8 Å². The smallest absolute Gasteiger partial charge is 0.309 e. The number of fused-ring (bicyclic) bond motifs is 1. The molecule has 4 nitrogen and oxygen atoms in total. The fourth-order valence-electron chi connectivity index (χ4n) is 3.18. The third-order valence-corrected chi connectivity index (χ3v) is 4.85. The average Bonchev–Trinajstić information content (AvgIpc) is 2.97. The summed E-state index contributed by atoms with van der Waals surface area (Å²) in [5, 5.41) is 6.94. The van der Waals surface area contributed by atoms with Gasteiger partial charge in [0.25, 0.3) is 0 Å². The molecule has 0 saturated carbocycles. The molecule has 1 amide bonds. The number of hydrogen-bond donors (Lipinski definition) is 1. The molecule has 1 aliphatic heterocycles. The lowest BCUT2D eigenvalue weighted by atomic mass is 9.88. The number of aromatic nitrogens is 2. The number of halogens is 4. The van der Waals surface area contributed by atoms with E-state index >= 15 is 0 Å². The number of benzene rings is 1. The highest BCUT2D eigenvalue weighted by Crippen LogP contribution is 2.41. The zero-order valence-corrected chi connectivity index (χ0v) is 19.7. The molecule has 0 atom stereocenters. The van der Waals surface area contributed by atoms with Gasteiger partial charge in [0.05, 0.1) is 5.41 Å². The van der Waals surface area contributed by atoms with Crippen LogP contribution < -0.4 is 5.32 Å². The zero-order chi connectivity index (χ0) is 24.3. The number of amides is 1. The van der Waals surface area contributed by atoms with Crippen LogP contribution in [0.2, 0.25) is 0 Å². The number of anilines is 1. The van der Waals surface area contributed by atoms with Crippen molar-refractivity contribution < 1.29 is 22.4 Å². The van der Waals surface area contributed by atoms with E-state index in [9.17, 15) is 22.4 Å². The van der Waals surface area contributed by atoms with Crippen molar-refractivity contribution in [3.05, 3.63) is 35.8 Å². The van der Waals surface area contributed by atoms with Gasteiger partial charge in [-0.1, -0.05) is 53.7 Å². The molecule has 178 valence electrons. The summed E-state index contributed by atoms with van der Waals surface area (Å²) in [4.78, 5) is 12.3. The number of carbonyl (C=O) groups excluding carboxylic acids is 1. The van der Waals surface area contributed by atoms with Gasteiger partial charge in [-0.05, 0) is 42.4 Å². The average molecular weight is 456 g/mol. The van der Waals surface area contributed by atoms with E-state index in [0.717, 1.165) is 38.8 Å². The van der Waals surface area contributed by atoms with Crippen LogP contribution in [-0.2, 0) is 17.8 Å². The topological polar surface area (TPSA) is 46.9 Å². The van der Waals surface area contributed by atoms with Crippen molar-refractivity contribution in [1.29, 1.82) is 0 Å². The van der Waals surface area contributed by atoms with Crippen molar-refractivity contribution in [2.45, 2.75) is 79.9 Å². The Morgan fingerprint density at radius 2 is 1.59 bits per heavy atom. The number of aryl methyl sites for hydroxylation is 1. The maximum Gasteiger partial charge on any atom is 0.394 e. The monoisotopic (exact) mass is 455 g/mol. The fourth-order valence-corrected chi connectivity index (χ4v) is 3.18. The van der Waals surface area contributed by atoms with Crippen LogP contribution in [0.15, 0.2) is 24.3 Å². The number of hydrogen-bond acceptors (Lipinski definition) is 2. The van der Waals surface area contributed by atoms with Gasteiger partial charge in [-0.3, -0.25) is 9.48 Å². The highest BCUT2D eigenvalue weighted by Gasteiger charge is 2.48. The molecule has 0 saturated heterocycles. The Balaban J connectivity index is 0.000000654. The van der Waals surface area contributed by atoms with Gasteiger partial charge in [0.15, 0.2) is 5.82 Å². The van der Waals surface area contributed by atoms with Gasteiger partial charge in [-0.2, -0.15) is 18.3 Å². The summed E-state index contributed by atoms with van der Waals surface area (Å²) in [6, 6.07) is 5.77. The second-order valence-corrected chi connectivity index (χ2v) is 10.5. The van der Waals surface area contributed by atoms with Crippen molar-refractivity contribution in [3.8, 4) is 11.1 Å². The van der Waals surface area contributed by atoms with Gasteiger partial charge < -0.3 is 5.32 Å². The van der Waals surface area contributed by atoms with E-state index in [-0.39, 0.29) is 5.82 Å². The third kappa shape index (κ3) is 7.07. The first-order valence-corrected chi connectivity index (χ1v) is 10.8. The van der Waals surface area contributed by atoms with Crippen LogP contribution in [0.5, 0.6) is 0 Å². The second-order valence-electron chi connectivity index (χ2n) is 10.5. The lowest BCUT2D eigenvalue weighted by Crippen LogP contribution is -2.36. The Morgan fingerprint density at radius 3 is 2.12 bits per heavy atom. The van der Waals surface area contributed by atoms with Gasteiger partial charge >= 0.3 is 6.18 Å². The Hall–Kier alpha value is -2.38. The summed E-state index contributed by atoms with van der Waals surface area (Å²) in [6.07, 6.45) is -2.57. The van der Waals surface area contributed by atoms with Gasteiger partial charge in [0.1, 0.15) is 5.82 Å². The summed E-state index contributed by atoms with van der Waals surface area (Å²) in [5.74, 6) is -0.921. The van der Waals surface area contributed by atoms with Crippen LogP contribution >= 0.6 is 0 Å². The fraction of sp³-hybridized carbons (Fsp3) is 0.583. The Bertz CT molecular complexity index is 916. The molecule has 0 unspecified atom stereocenters. The SMILES string of the molecule is CC(C)(C)C.CC(C)(CC(=O)Nc1nn2c(c1-c1ccc(F)cc1)CCCC2)C(F)(F)F. The van der Waals surface area contributed by atoms with Gasteiger partial charge in [0.2, 0.25) is 5.91 Å². The number of carbonyl (C=O) groups is 1. The highest BCUT2D eigenvalue weighted by molar-refractivity contribution is 5.95. The lowest BCUT2D eigenvalue weighted by molar-refractivity contribution is -0.213. The van der Waals surface area contributed by atoms with Gasteiger partial charge in [-0.15, -0.1) is 0 Å². The van der Waals surface area contributed by atoms with Crippen molar-refractivity contribution in [2.75, 3.05) is 5.32 Å². The molecular weight excluding hydrogens is 422 g/mol. The molecule has 1 N–H and O–H groups in total. The predicted octanol–water partition coefficient (Wildman–Crippen LogP) is 7.00. The standard InChI is InChI=1S/C19H21F4N3O.C5H12/c1-18(2,19(21,22)23)11-15(27)24-17-16(12-6-8-13(20)9-7-12)14-5-3-4-10-26(14)25-17;1-5(2,3)4/h6-9H,3-5,10-11H2,1-2H3,(H,24,25,27);1-4H3. The van der Waals surface area contributed by atoms with Crippen molar-refractivity contribution in [1.82, 2.24) is 9.78 Å². The van der Waals surface area contributed by atoms with Crippen molar-refractivity contribution >= 4 is 11.7 Å². The molecule has 1 aliphatic rings. The molecule has 8 heteroatoms. The first kappa shape index (κ1) is 25.9. The Kier molecular flexibility index (Phi) is 7.79. The minimum Gasteiger partial charge on any atom is -0.309 e. The van der Waals surface area contributed by atoms with Gasteiger partial charge in [0, 0.05) is 24.2 Å². The summed E-state index contributed by atoms with van der Waals surface area (Å²) in [7, 11) is 0. The van der Waals surface area contributed by atoms with Crippen LogP contribution in [0.3, 0.4) is 0 Å². The molecular formula is C24H33F4N3O. The maximum absolute atomic E-state index is 13.3. The minimum absolute atomic E-state index is 0.224. The Labute approximate surface area is 187 Å². The predicted molar refractivity (Wildman–Crippen MR) is 119 cm³/mol. The van der Waals surface area contributed by atoms with Crippen LogP contribution in [-0.4, -0.2) is 21.9 Å². The quantitative estimate of drug-likeness (QED) is 0.505. The highest BCUT2D eigenvalue weighted by atomic mass is 19.4. The van der Waals surface area contributed by atoms with E-state index in [1.54, 1.807) is 16.8 Å². The van der Waals surface area contributed by atoms with E-state index in [0.29, 0.717) is 23.1 Å². The van der Waals surface area contributed by atoms with E-state index in [4.69, 9.17) is 0 Å². The molecule has 1 aromatic carbocycles.